The van der Waals surface area contributed by atoms with Crippen molar-refractivity contribution < 1.29 is 42.7 Å². The summed E-state index contributed by atoms with van der Waals surface area (Å²) in [7, 11) is 1.45. The zero-order valence-corrected chi connectivity index (χ0v) is 39.6. The number of oxazole rings is 1. The third-order valence-electron chi connectivity index (χ3n) is 12.4. The molecule has 9 rings (SSSR count). The summed E-state index contributed by atoms with van der Waals surface area (Å²) in [6.45, 7) is 9.34. The van der Waals surface area contributed by atoms with Crippen molar-refractivity contribution in [3.63, 3.8) is 0 Å². The highest BCUT2D eigenvalue weighted by molar-refractivity contribution is 6.13. The molecule has 0 atom stereocenters. The molecular weight excluding hydrogens is 917 g/mol. The van der Waals surface area contributed by atoms with Crippen LogP contribution in [-0.4, -0.2) is 122 Å². The first-order valence-corrected chi connectivity index (χ1v) is 23.0. The molecule has 2 aliphatic heterocycles. The Morgan fingerprint density at radius 2 is 1.58 bits per heavy atom. The van der Waals surface area contributed by atoms with Gasteiger partial charge in [-0.2, -0.15) is 5.10 Å². The number of anilines is 1. The number of aromatic nitrogens is 9. The molecule has 0 spiro atoms. The zero-order chi connectivity index (χ0) is 50.2. The van der Waals surface area contributed by atoms with Crippen molar-refractivity contribution in [2.24, 2.45) is 17.4 Å². The molecule has 0 aliphatic carbocycles. The highest BCUT2D eigenvalue weighted by atomic mass is 16.5. The Labute approximate surface area is 404 Å². The number of carbonyl (C=O) groups excluding carboxylic acids is 6. The highest BCUT2D eigenvalue weighted by Gasteiger charge is 2.32. The summed E-state index contributed by atoms with van der Waals surface area (Å²) in [5.41, 5.74) is 14.3. The van der Waals surface area contributed by atoms with Gasteiger partial charge in [-0.05, 0) is 56.9 Å². The predicted molar refractivity (Wildman–Crippen MR) is 256 cm³/mol. The van der Waals surface area contributed by atoms with E-state index in [0.717, 1.165) is 4.90 Å². The number of likely N-dealkylation sites (tertiary alicyclic amines) is 1. The van der Waals surface area contributed by atoms with Gasteiger partial charge in [0.1, 0.15) is 28.5 Å². The number of primary amides is 2. The van der Waals surface area contributed by atoms with Crippen LogP contribution < -0.4 is 26.3 Å². The van der Waals surface area contributed by atoms with E-state index in [1.165, 1.54) is 31.4 Å². The standard InChI is InChI=1S/C48H50N14O9/c1-6-32-41(71-26(4)53-32)47(68)56-48-54-33-19-29(43(50)67)20-34(69-5)40(33)61(48)15-9-8-14-60-39-30(31-22-51-44(55-45(31)60)46-52-25(3)57-62(46)7-2)18-28(42(49)66)21-35(39)70-17-13-27-23-58(24-27)36(63)12-16-59-37(64)10-11-38(59)65/h8-11,18-22,27H,6-7,12-17,23-24H2,1-5H3,(H2,49,66)(H2,50,67)(H,54,56,68)/b9-8+. The number of imidazole rings is 1. The molecule has 1 fully saturated rings. The van der Waals surface area contributed by atoms with Gasteiger partial charge in [-0.1, -0.05) is 19.1 Å². The van der Waals surface area contributed by atoms with Gasteiger partial charge in [0.15, 0.2) is 17.5 Å². The number of amides is 6. The van der Waals surface area contributed by atoms with Crippen molar-refractivity contribution in [3.8, 4) is 23.1 Å². The van der Waals surface area contributed by atoms with Crippen LogP contribution in [0, 0.1) is 19.8 Å². The van der Waals surface area contributed by atoms with Gasteiger partial charge in [-0.3, -0.25) is 39.0 Å². The molecule has 5 aromatic heterocycles. The number of rotatable bonds is 19. The molecule has 23 nitrogen and oxygen atoms in total. The first-order chi connectivity index (χ1) is 34.1. The van der Waals surface area contributed by atoms with Crippen LogP contribution in [0.5, 0.6) is 11.5 Å². The van der Waals surface area contributed by atoms with Crippen molar-refractivity contribution in [3.05, 3.63) is 89.1 Å². The lowest BCUT2D eigenvalue weighted by atomic mass is 9.96. The fourth-order valence-corrected chi connectivity index (χ4v) is 8.86. The summed E-state index contributed by atoms with van der Waals surface area (Å²) in [5, 5.41) is 8.58. The Morgan fingerprint density at radius 1 is 0.873 bits per heavy atom. The number of hydrogen-bond donors (Lipinski definition) is 3. The molecule has 6 amide bonds. The molecule has 0 unspecified atom stereocenters. The number of hydrogen-bond acceptors (Lipinski definition) is 15. The normalized spacial score (nSPS) is 13.9. The van der Waals surface area contributed by atoms with Gasteiger partial charge in [0.2, 0.25) is 29.4 Å². The lowest BCUT2D eigenvalue weighted by Crippen LogP contribution is -2.51. The van der Waals surface area contributed by atoms with E-state index in [1.807, 2.05) is 30.6 Å². The summed E-state index contributed by atoms with van der Waals surface area (Å²) in [6.07, 6.45) is 8.88. The molecule has 5 N–H and O–H groups in total. The number of fused-ring (bicyclic) bond motifs is 4. The molecule has 1 saturated heterocycles. The maximum Gasteiger partial charge on any atom is 0.295 e. The van der Waals surface area contributed by atoms with E-state index in [1.54, 1.807) is 46.3 Å². The highest BCUT2D eigenvalue weighted by Crippen LogP contribution is 2.37. The SMILES string of the molecule is CCc1nc(C)oc1C(=O)Nc1nc2cc(C(N)=O)cc(OC)c2n1C/C=C/Cn1c2nc(-c3nc(C)nn3CC)ncc2c2cc(C(N)=O)cc(OCCC3CN(C(=O)CCN4C(=O)C=CC4=O)C3)c21. The fraction of sp³-hybridized carbons (Fsp3) is 0.333. The Hall–Kier alpha value is -8.76. The van der Waals surface area contributed by atoms with E-state index in [4.69, 9.17) is 40.3 Å². The Bertz CT molecular complexity index is 3370. The topological polar surface area (TPSA) is 297 Å². The first-order valence-electron chi connectivity index (χ1n) is 23.0. The summed E-state index contributed by atoms with van der Waals surface area (Å²) >= 11 is 0. The number of methoxy groups -OCH3 is 1. The van der Waals surface area contributed by atoms with Crippen LogP contribution in [-0.2, 0) is 40.4 Å². The summed E-state index contributed by atoms with van der Waals surface area (Å²) < 4.78 is 23.3. The molecule has 0 saturated carbocycles. The largest absolute Gasteiger partial charge is 0.494 e. The number of benzene rings is 2. The molecule has 0 bridgehead atoms. The van der Waals surface area contributed by atoms with E-state index < -0.39 is 29.5 Å². The molecule has 7 heterocycles. The summed E-state index contributed by atoms with van der Waals surface area (Å²) in [6, 6.07) is 6.31. The van der Waals surface area contributed by atoms with Gasteiger partial charge in [0.05, 0.1) is 30.4 Å². The van der Waals surface area contributed by atoms with Crippen molar-refractivity contribution in [1.29, 1.82) is 0 Å². The second kappa shape index (κ2) is 19.3. The smallest absolute Gasteiger partial charge is 0.295 e. The van der Waals surface area contributed by atoms with Crippen LogP contribution in [0.1, 0.15) is 75.4 Å². The summed E-state index contributed by atoms with van der Waals surface area (Å²) in [5.74, 6) is -0.280. The van der Waals surface area contributed by atoms with E-state index >= 15 is 0 Å². The minimum atomic E-state index is -0.687. The van der Waals surface area contributed by atoms with E-state index in [9.17, 15) is 28.8 Å². The minimum Gasteiger partial charge on any atom is -0.494 e. The van der Waals surface area contributed by atoms with Crippen LogP contribution in [0.4, 0.5) is 5.95 Å². The van der Waals surface area contributed by atoms with Gasteiger partial charge in [0, 0.05) is 92.9 Å². The lowest BCUT2D eigenvalue weighted by molar-refractivity contribution is -0.140. The van der Waals surface area contributed by atoms with E-state index in [-0.39, 0.29) is 67.3 Å². The van der Waals surface area contributed by atoms with Gasteiger partial charge >= 0.3 is 0 Å². The number of allylic oxidation sites excluding steroid dienone is 2. The maximum absolute atomic E-state index is 13.7. The number of carbonyl (C=O) groups is 6. The third kappa shape index (κ3) is 9.15. The zero-order valence-electron chi connectivity index (χ0n) is 39.6. The average Bonchev–Trinajstić information content (AvgIpc) is 4.15. The lowest BCUT2D eigenvalue weighted by Gasteiger charge is -2.39. The van der Waals surface area contributed by atoms with Gasteiger partial charge in [-0.15, -0.1) is 0 Å². The molecule has 23 heteroatoms. The Morgan fingerprint density at radius 3 is 2.27 bits per heavy atom. The molecule has 71 heavy (non-hydrogen) atoms. The molecule has 2 aliphatic rings. The number of imide groups is 1. The monoisotopic (exact) mass is 966 g/mol. The number of nitrogens with zero attached hydrogens (tertiary/aromatic N) is 11. The second-order valence-electron chi connectivity index (χ2n) is 17.0. The Kier molecular flexibility index (Phi) is 12.9. The second-order valence-corrected chi connectivity index (χ2v) is 17.0. The van der Waals surface area contributed by atoms with Crippen molar-refractivity contribution in [2.75, 3.05) is 38.7 Å². The van der Waals surface area contributed by atoms with Crippen molar-refractivity contribution >= 4 is 74.4 Å². The molecular formula is C48H50N14O9. The minimum absolute atomic E-state index is 0.0191. The average molecular weight is 967 g/mol. The van der Waals surface area contributed by atoms with Crippen molar-refractivity contribution in [1.82, 2.24) is 53.6 Å². The number of ether oxygens (including phenoxy) is 2. The molecule has 7 aromatic rings. The molecule has 366 valence electrons. The van der Waals surface area contributed by atoms with Crippen LogP contribution in [0.25, 0.3) is 44.6 Å². The summed E-state index contributed by atoms with van der Waals surface area (Å²) in [4.78, 5) is 102. The van der Waals surface area contributed by atoms with Crippen LogP contribution in [0.3, 0.4) is 0 Å². The van der Waals surface area contributed by atoms with Crippen LogP contribution >= 0.6 is 0 Å². The first kappa shape index (κ1) is 47.3. The predicted octanol–water partition coefficient (Wildman–Crippen LogP) is 3.64. The van der Waals surface area contributed by atoms with Crippen LogP contribution in [0.15, 0.2) is 59.2 Å². The van der Waals surface area contributed by atoms with E-state index in [2.05, 4.69) is 20.4 Å². The number of aryl methyl sites for hydroxylation is 4. The van der Waals surface area contributed by atoms with E-state index in [0.29, 0.717) is 106 Å². The number of nitrogens with one attached hydrogen (secondary N) is 1. The molecule has 0 radical (unpaired) electrons. The van der Waals surface area contributed by atoms with Gasteiger partial charge in [0.25, 0.3) is 17.7 Å². The third-order valence-corrected chi connectivity index (χ3v) is 12.4. The van der Waals surface area contributed by atoms with Crippen molar-refractivity contribution in [2.45, 2.75) is 66.6 Å². The molecule has 2 aromatic carbocycles. The van der Waals surface area contributed by atoms with Gasteiger partial charge < -0.3 is 39.4 Å². The fourth-order valence-electron chi connectivity index (χ4n) is 8.86. The van der Waals surface area contributed by atoms with Gasteiger partial charge in [-0.25, -0.2) is 29.6 Å². The van der Waals surface area contributed by atoms with Crippen LogP contribution in [0.2, 0.25) is 0 Å². The Balaban J connectivity index is 1.04. The quantitative estimate of drug-likeness (QED) is 0.0770. The maximum atomic E-state index is 13.7. The number of nitrogens with two attached hydrogens (primary N) is 2.